The summed E-state index contributed by atoms with van der Waals surface area (Å²) in [5, 5.41) is 3.05. The molecular formula is C20H37N3O2. The molecule has 2 atom stereocenters. The molecule has 3 saturated heterocycles. The summed E-state index contributed by atoms with van der Waals surface area (Å²) >= 11 is 0. The van der Waals surface area contributed by atoms with Crippen LogP contribution >= 0.6 is 0 Å². The zero-order chi connectivity index (χ0) is 17.9. The molecule has 0 aromatic heterocycles. The van der Waals surface area contributed by atoms with E-state index in [1.54, 1.807) is 0 Å². The second kappa shape index (κ2) is 8.26. The van der Waals surface area contributed by atoms with Crippen LogP contribution in [-0.2, 0) is 4.74 Å². The second-order valence-electron chi connectivity index (χ2n) is 9.22. The Morgan fingerprint density at radius 2 is 1.72 bits per heavy atom. The molecule has 3 rings (SSSR count). The normalized spacial score (nSPS) is 29.9. The molecule has 0 spiro atoms. The molecular weight excluding hydrogens is 314 g/mol. The SMILES string of the molecule is CC(C)(C)OC(=O)NC1CCN(CC2CCCN3CCCCC23)CC1. The number of nitrogens with zero attached hydrogens (tertiary/aromatic N) is 2. The number of fused-ring (bicyclic) bond motifs is 1. The molecule has 3 fully saturated rings. The molecule has 3 aliphatic rings. The molecule has 0 aliphatic carbocycles. The molecule has 0 aromatic rings. The van der Waals surface area contributed by atoms with Gasteiger partial charge in [-0.15, -0.1) is 0 Å². The standard InChI is InChI=1S/C20H37N3O2/c1-20(2,3)25-19(24)21-17-9-13-22(14-10-17)15-16-7-6-12-23-11-5-4-8-18(16)23/h16-18H,4-15H2,1-3H3,(H,21,24). The van der Waals surface area contributed by atoms with Gasteiger partial charge >= 0.3 is 6.09 Å². The highest BCUT2D eigenvalue weighted by molar-refractivity contribution is 5.68. The number of rotatable bonds is 3. The number of carbonyl (C=O) groups is 1. The Bertz CT molecular complexity index is 439. The largest absolute Gasteiger partial charge is 0.444 e. The van der Waals surface area contributed by atoms with Gasteiger partial charge < -0.3 is 19.9 Å². The van der Waals surface area contributed by atoms with Crippen molar-refractivity contribution >= 4 is 6.09 Å². The van der Waals surface area contributed by atoms with Gasteiger partial charge in [-0.1, -0.05) is 6.42 Å². The number of ether oxygens (including phenoxy) is 1. The number of nitrogens with one attached hydrogen (secondary N) is 1. The number of carbonyl (C=O) groups excluding carboxylic acids is 1. The summed E-state index contributed by atoms with van der Waals surface area (Å²) in [5.74, 6) is 0.851. The summed E-state index contributed by atoms with van der Waals surface area (Å²) in [6, 6.07) is 1.10. The summed E-state index contributed by atoms with van der Waals surface area (Å²) in [4.78, 5) is 17.3. The summed E-state index contributed by atoms with van der Waals surface area (Å²) < 4.78 is 5.38. The van der Waals surface area contributed by atoms with Gasteiger partial charge in [0.1, 0.15) is 5.60 Å². The smallest absolute Gasteiger partial charge is 0.407 e. The molecule has 1 amide bonds. The molecule has 25 heavy (non-hydrogen) atoms. The van der Waals surface area contributed by atoms with E-state index in [1.165, 1.54) is 51.7 Å². The van der Waals surface area contributed by atoms with Crippen LogP contribution in [0.15, 0.2) is 0 Å². The minimum atomic E-state index is -0.419. The van der Waals surface area contributed by atoms with Crippen LogP contribution in [0, 0.1) is 5.92 Å². The lowest BCUT2D eigenvalue weighted by atomic mass is 9.83. The van der Waals surface area contributed by atoms with E-state index in [9.17, 15) is 4.79 Å². The molecule has 0 radical (unpaired) electrons. The van der Waals surface area contributed by atoms with Gasteiger partial charge in [-0.2, -0.15) is 0 Å². The minimum absolute atomic E-state index is 0.267. The van der Waals surface area contributed by atoms with Gasteiger partial charge in [0.15, 0.2) is 0 Å². The lowest BCUT2D eigenvalue weighted by molar-refractivity contribution is 0.0321. The van der Waals surface area contributed by atoms with Crippen molar-refractivity contribution in [1.29, 1.82) is 0 Å². The maximum Gasteiger partial charge on any atom is 0.407 e. The van der Waals surface area contributed by atoms with Crippen molar-refractivity contribution in [2.24, 2.45) is 5.92 Å². The first-order valence-electron chi connectivity index (χ1n) is 10.4. The Hall–Kier alpha value is -0.810. The number of likely N-dealkylation sites (tertiary alicyclic amines) is 1. The number of hydrogen-bond acceptors (Lipinski definition) is 4. The third-order valence-electron chi connectivity index (χ3n) is 6.03. The van der Waals surface area contributed by atoms with E-state index in [4.69, 9.17) is 4.74 Å². The first-order chi connectivity index (χ1) is 11.9. The predicted molar refractivity (Wildman–Crippen MR) is 101 cm³/mol. The number of piperidine rings is 3. The van der Waals surface area contributed by atoms with E-state index in [0.29, 0.717) is 0 Å². The van der Waals surface area contributed by atoms with Crippen LogP contribution in [0.3, 0.4) is 0 Å². The second-order valence-corrected chi connectivity index (χ2v) is 9.22. The Morgan fingerprint density at radius 3 is 2.44 bits per heavy atom. The van der Waals surface area contributed by atoms with E-state index in [2.05, 4.69) is 15.1 Å². The molecule has 0 bridgehead atoms. The number of alkyl carbamates (subject to hydrolysis) is 1. The molecule has 1 N–H and O–H groups in total. The number of hydrogen-bond donors (Lipinski definition) is 1. The van der Waals surface area contributed by atoms with Gasteiger partial charge in [0, 0.05) is 31.7 Å². The maximum absolute atomic E-state index is 11.9. The van der Waals surface area contributed by atoms with Crippen LogP contribution in [0.4, 0.5) is 4.79 Å². The van der Waals surface area contributed by atoms with Gasteiger partial charge in [0.25, 0.3) is 0 Å². The van der Waals surface area contributed by atoms with Gasteiger partial charge in [0.05, 0.1) is 0 Å². The Balaban J connectivity index is 1.41. The van der Waals surface area contributed by atoms with Crippen molar-refractivity contribution in [2.45, 2.75) is 83.4 Å². The van der Waals surface area contributed by atoms with Crippen LogP contribution in [0.25, 0.3) is 0 Å². The van der Waals surface area contributed by atoms with Crippen molar-refractivity contribution < 1.29 is 9.53 Å². The quantitative estimate of drug-likeness (QED) is 0.848. The fourth-order valence-corrected chi connectivity index (χ4v) is 4.86. The number of amides is 1. The highest BCUT2D eigenvalue weighted by Gasteiger charge is 2.34. The lowest BCUT2D eigenvalue weighted by Crippen LogP contribution is -2.52. The van der Waals surface area contributed by atoms with Crippen LogP contribution in [0.5, 0.6) is 0 Å². The Morgan fingerprint density at radius 1 is 1.00 bits per heavy atom. The van der Waals surface area contributed by atoms with Crippen molar-refractivity contribution in [1.82, 2.24) is 15.1 Å². The average molecular weight is 352 g/mol. The van der Waals surface area contributed by atoms with Crippen LogP contribution in [0.1, 0.15) is 65.7 Å². The van der Waals surface area contributed by atoms with Crippen molar-refractivity contribution in [2.75, 3.05) is 32.7 Å². The summed E-state index contributed by atoms with van der Waals surface area (Å²) in [7, 11) is 0. The van der Waals surface area contributed by atoms with Gasteiger partial charge in [0.2, 0.25) is 0 Å². The summed E-state index contributed by atoms with van der Waals surface area (Å²) in [5.41, 5.74) is -0.419. The Labute approximate surface area is 153 Å². The predicted octanol–water partition coefficient (Wildman–Crippen LogP) is 3.24. The third kappa shape index (κ3) is 5.58. The summed E-state index contributed by atoms with van der Waals surface area (Å²) in [6.07, 6.45) is 8.80. The monoisotopic (exact) mass is 351 g/mol. The topological polar surface area (TPSA) is 44.8 Å². The van der Waals surface area contributed by atoms with Gasteiger partial charge in [-0.05, 0) is 78.3 Å². The van der Waals surface area contributed by atoms with Crippen molar-refractivity contribution in [3.05, 3.63) is 0 Å². The maximum atomic E-state index is 11.9. The molecule has 144 valence electrons. The highest BCUT2D eigenvalue weighted by atomic mass is 16.6. The van der Waals surface area contributed by atoms with Gasteiger partial charge in [-0.3, -0.25) is 0 Å². The van der Waals surface area contributed by atoms with E-state index >= 15 is 0 Å². The van der Waals surface area contributed by atoms with E-state index in [1.807, 2.05) is 20.8 Å². The van der Waals surface area contributed by atoms with E-state index < -0.39 is 5.60 Å². The molecule has 0 aromatic carbocycles. The highest BCUT2D eigenvalue weighted by Crippen LogP contribution is 2.31. The molecule has 5 nitrogen and oxygen atoms in total. The zero-order valence-corrected chi connectivity index (χ0v) is 16.4. The first kappa shape index (κ1) is 19.0. The molecule has 3 heterocycles. The lowest BCUT2D eigenvalue weighted by Gasteiger charge is -2.46. The van der Waals surface area contributed by atoms with E-state index in [-0.39, 0.29) is 12.1 Å². The fourth-order valence-electron chi connectivity index (χ4n) is 4.86. The first-order valence-corrected chi connectivity index (χ1v) is 10.4. The van der Waals surface area contributed by atoms with Crippen LogP contribution in [0.2, 0.25) is 0 Å². The van der Waals surface area contributed by atoms with Crippen LogP contribution < -0.4 is 5.32 Å². The summed E-state index contributed by atoms with van der Waals surface area (Å²) in [6.45, 7) is 11.8. The molecule has 3 aliphatic heterocycles. The molecule has 5 heteroatoms. The van der Waals surface area contributed by atoms with Gasteiger partial charge in [-0.25, -0.2) is 4.79 Å². The van der Waals surface area contributed by atoms with Crippen molar-refractivity contribution in [3.63, 3.8) is 0 Å². The average Bonchev–Trinajstić information content (AvgIpc) is 2.55. The third-order valence-corrected chi connectivity index (χ3v) is 6.03. The zero-order valence-electron chi connectivity index (χ0n) is 16.4. The fraction of sp³-hybridized carbons (Fsp3) is 0.950. The minimum Gasteiger partial charge on any atom is -0.444 e. The molecule has 2 unspecified atom stereocenters. The Kier molecular flexibility index (Phi) is 6.26. The van der Waals surface area contributed by atoms with Crippen LogP contribution in [-0.4, -0.2) is 66.3 Å². The van der Waals surface area contributed by atoms with E-state index in [0.717, 1.165) is 37.9 Å². The molecule has 0 saturated carbocycles. The van der Waals surface area contributed by atoms with Crippen molar-refractivity contribution in [3.8, 4) is 0 Å².